The number of benzene rings is 3. The van der Waals surface area contributed by atoms with Crippen molar-refractivity contribution in [3.05, 3.63) is 83.4 Å². The van der Waals surface area contributed by atoms with Gasteiger partial charge in [0.25, 0.3) is 0 Å². The minimum absolute atomic E-state index is 0.0941. The Bertz CT molecular complexity index is 1000. The van der Waals surface area contributed by atoms with Gasteiger partial charge >= 0.3 is 0 Å². The molecule has 1 heterocycles. The number of fused-ring (bicyclic) bond motifs is 1. The molecule has 148 valence electrons. The molecule has 4 nitrogen and oxygen atoms in total. The minimum atomic E-state index is 0.0941. The Morgan fingerprint density at radius 1 is 0.966 bits per heavy atom. The number of ether oxygens (including phenoxy) is 3. The number of thioether (sulfide) groups is 1. The third kappa shape index (κ3) is 4.10. The molecule has 2 atom stereocenters. The summed E-state index contributed by atoms with van der Waals surface area (Å²) in [5.74, 6) is 2.53. The SMILES string of the molecule is COc1ccc(SC2COc3cc(OC)ccc3C2c2cccc(C=O)c2)cc1. The number of rotatable bonds is 6. The van der Waals surface area contributed by atoms with E-state index in [1.165, 1.54) is 0 Å². The van der Waals surface area contributed by atoms with Gasteiger partial charge in [-0.3, -0.25) is 4.79 Å². The summed E-state index contributed by atoms with van der Waals surface area (Å²) >= 11 is 1.77. The van der Waals surface area contributed by atoms with Gasteiger partial charge in [-0.15, -0.1) is 11.8 Å². The van der Waals surface area contributed by atoms with Crippen LogP contribution in [0.3, 0.4) is 0 Å². The third-order valence-corrected chi connectivity index (χ3v) is 6.34. The van der Waals surface area contributed by atoms with Crippen molar-refractivity contribution < 1.29 is 19.0 Å². The Hall–Kier alpha value is -2.92. The molecule has 0 saturated carbocycles. The van der Waals surface area contributed by atoms with E-state index in [0.717, 1.165) is 39.6 Å². The monoisotopic (exact) mass is 406 g/mol. The maximum Gasteiger partial charge on any atom is 0.150 e. The van der Waals surface area contributed by atoms with Crippen LogP contribution in [0.4, 0.5) is 0 Å². The number of carbonyl (C=O) groups is 1. The molecule has 0 spiro atoms. The van der Waals surface area contributed by atoms with Crippen LogP contribution in [0.15, 0.2) is 71.6 Å². The highest BCUT2D eigenvalue weighted by Gasteiger charge is 2.33. The van der Waals surface area contributed by atoms with Crippen molar-refractivity contribution in [3.8, 4) is 17.2 Å². The molecule has 0 aliphatic carbocycles. The van der Waals surface area contributed by atoms with Gasteiger partial charge in [-0.2, -0.15) is 0 Å². The summed E-state index contributed by atoms with van der Waals surface area (Å²) in [6.45, 7) is 0.562. The largest absolute Gasteiger partial charge is 0.497 e. The summed E-state index contributed by atoms with van der Waals surface area (Å²) < 4.78 is 16.7. The molecule has 0 bridgehead atoms. The Morgan fingerprint density at radius 2 is 1.72 bits per heavy atom. The molecule has 0 radical (unpaired) electrons. The first-order valence-corrected chi connectivity index (χ1v) is 10.3. The lowest BCUT2D eigenvalue weighted by Crippen LogP contribution is -2.29. The van der Waals surface area contributed by atoms with Crippen molar-refractivity contribution >= 4 is 18.0 Å². The van der Waals surface area contributed by atoms with E-state index >= 15 is 0 Å². The van der Waals surface area contributed by atoms with E-state index in [1.807, 2.05) is 42.5 Å². The summed E-state index contributed by atoms with van der Waals surface area (Å²) in [5, 5.41) is 0.159. The van der Waals surface area contributed by atoms with Gasteiger partial charge < -0.3 is 14.2 Å². The molecule has 0 fully saturated rings. The summed E-state index contributed by atoms with van der Waals surface area (Å²) in [6, 6.07) is 21.8. The lowest BCUT2D eigenvalue weighted by atomic mass is 9.85. The minimum Gasteiger partial charge on any atom is -0.497 e. The van der Waals surface area contributed by atoms with Crippen LogP contribution in [0.25, 0.3) is 0 Å². The van der Waals surface area contributed by atoms with Crippen LogP contribution in [0.2, 0.25) is 0 Å². The van der Waals surface area contributed by atoms with Crippen LogP contribution in [0.5, 0.6) is 17.2 Å². The number of carbonyl (C=O) groups excluding carboxylic acids is 1. The quantitative estimate of drug-likeness (QED) is 0.527. The van der Waals surface area contributed by atoms with Gasteiger partial charge in [-0.1, -0.05) is 24.3 Å². The lowest BCUT2D eigenvalue weighted by Gasteiger charge is -2.34. The summed E-state index contributed by atoms with van der Waals surface area (Å²) in [4.78, 5) is 12.5. The van der Waals surface area contributed by atoms with Gasteiger partial charge in [0.2, 0.25) is 0 Å². The zero-order chi connectivity index (χ0) is 20.2. The Labute approximate surface area is 174 Å². The summed E-state index contributed by atoms with van der Waals surface area (Å²) in [7, 11) is 3.32. The smallest absolute Gasteiger partial charge is 0.150 e. The average Bonchev–Trinajstić information content (AvgIpc) is 2.79. The van der Waals surface area contributed by atoms with Crippen molar-refractivity contribution in [2.75, 3.05) is 20.8 Å². The van der Waals surface area contributed by atoms with Crippen molar-refractivity contribution in [1.82, 2.24) is 0 Å². The molecular weight excluding hydrogens is 384 g/mol. The Morgan fingerprint density at radius 3 is 2.45 bits per heavy atom. The van der Waals surface area contributed by atoms with Crippen LogP contribution in [0.1, 0.15) is 27.4 Å². The highest BCUT2D eigenvalue weighted by Crippen LogP contribution is 2.46. The molecule has 0 N–H and O–H groups in total. The fraction of sp³-hybridized carbons (Fsp3) is 0.208. The second-order valence-corrected chi connectivity index (χ2v) is 8.12. The maximum absolute atomic E-state index is 11.3. The van der Waals surface area contributed by atoms with E-state index < -0.39 is 0 Å². The van der Waals surface area contributed by atoms with E-state index in [1.54, 1.807) is 26.0 Å². The molecule has 29 heavy (non-hydrogen) atoms. The predicted octanol–water partition coefficient (Wildman–Crippen LogP) is 5.20. The van der Waals surface area contributed by atoms with E-state index in [9.17, 15) is 4.79 Å². The molecular formula is C24H22O4S. The molecule has 0 saturated heterocycles. The zero-order valence-electron chi connectivity index (χ0n) is 16.3. The first kappa shape index (κ1) is 19.4. The normalized spacial score (nSPS) is 17.7. The molecule has 1 aliphatic rings. The van der Waals surface area contributed by atoms with Gasteiger partial charge in [0.1, 0.15) is 30.1 Å². The van der Waals surface area contributed by atoms with Crippen LogP contribution in [0, 0.1) is 0 Å². The highest BCUT2D eigenvalue weighted by molar-refractivity contribution is 8.00. The first-order valence-electron chi connectivity index (χ1n) is 9.38. The standard InChI is InChI=1S/C24H22O4S/c1-26-18-6-9-20(10-7-18)29-23-15-28-22-13-19(27-2)8-11-21(22)24(23)17-5-3-4-16(12-17)14-25/h3-14,23-24H,15H2,1-2H3. The first-order chi connectivity index (χ1) is 14.2. The second kappa shape index (κ2) is 8.62. The number of hydrogen-bond donors (Lipinski definition) is 0. The number of aldehydes is 1. The maximum atomic E-state index is 11.3. The molecule has 3 aromatic rings. The number of methoxy groups -OCH3 is 2. The van der Waals surface area contributed by atoms with Gasteiger partial charge in [0.15, 0.2) is 0 Å². The summed E-state index contributed by atoms with van der Waals surface area (Å²) in [6.07, 6.45) is 0.892. The summed E-state index contributed by atoms with van der Waals surface area (Å²) in [5.41, 5.74) is 2.89. The molecule has 1 aliphatic heterocycles. The molecule has 4 rings (SSSR count). The highest BCUT2D eigenvalue weighted by atomic mass is 32.2. The van der Waals surface area contributed by atoms with Gasteiger partial charge in [0.05, 0.1) is 19.5 Å². The molecule has 3 aromatic carbocycles. The molecule has 0 aromatic heterocycles. The lowest BCUT2D eigenvalue weighted by molar-refractivity contribution is 0.112. The van der Waals surface area contributed by atoms with Gasteiger partial charge in [0, 0.05) is 28.0 Å². The Kier molecular flexibility index (Phi) is 5.76. The molecule has 5 heteroatoms. The fourth-order valence-electron chi connectivity index (χ4n) is 3.64. The van der Waals surface area contributed by atoms with Gasteiger partial charge in [-0.05, 0) is 42.0 Å². The van der Waals surface area contributed by atoms with Crippen molar-refractivity contribution in [3.63, 3.8) is 0 Å². The van der Waals surface area contributed by atoms with Crippen molar-refractivity contribution in [2.45, 2.75) is 16.1 Å². The third-order valence-electron chi connectivity index (χ3n) is 5.08. The number of hydrogen-bond acceptors (Lipinski definition) is 5. The van der Waals surface area contributed by atoms with Crippen LogP contribution in [-0.4, -0.2) is 32.4 Å². The molecule has 0 amide bonds. The Balaban J connectivity index is 1.73. The van der Waals surface area contributed by atoms with Crippen molar-refractivity contribution in [2.24, 2.45) is 0 Å². The zero-order valence-corrected chi connectivity index (χ0v) is 17.1. The van der Waals surface area contributed by atoms with E-state index in [-0.39, 0.29) is 11.2 Å². The second-order valence-electron chi connectivity index (χ2n) is 6.81. The predicted molar refractivity (Wildman–Crippen MR) is 115 cm³/mol. The van der Waals surface area contributed by atoms with Crippen LogP contribution >= 0.6 is 11.8 Å². The van der Waals surface area contributed by atoms with E-state index in [2.05, 4.69) is 24.3 Å². The van der Waals surface area contributed by atoms with E-state index in [0.29, 0.717) is 12.2 Å². The average molecular weight is 407 g/mol. The fourth-order valence-corrected chi connectivity index (χ4v) is 4.86. The topological polar surface area (TPSA) is 44.8 Å². The van der Waals surface area contributed by atoms with Crippen LogP contribution < -0.4 is 14.2 Å². The van der Waals surface area contributed by atoms with Crippen molar-refractivity contribution in [1.29, 1.82) is 0 Å². The molecule has 2 unspecified atom stereocenters. The van der Waals surface area contributed by atoms with Crippen LogP contribution in [-0.2, 0) is 0 Å². The van der Waals surface area contributed by atoms with E-state index in [4.69, 9.17) is 14.2 Å². The van der Waals surface area contributed by atoms with Gasteiger partial charge in [-0.25, -0.2) is 0 Å².